The van der Waals surface area contributed by atoms with Crippen LogP contribution in [0.1, 0.15) is 13.3 Å². The number of rotatable bonds is 3. The van der Waals surface area contributed by atoms with Crippen LogP contribution in [0.5, 0.6) is 0 Å². The van der Waals surface area contributed by atoms with Gasteiger partial charge in [-0.15, -0.1) is 25.3 Å². The van der Waals surface area contributed by atoms with E-state index in [0.717, 1.165) is 0 Å². The van der Waals surface area contributed by atoms with Gasteiger partial charge in [0.15, 0.2) is 4.27 Å². The predicted molar refractivity (Wildman–Crippen MR) is 56.0 cm³/mol. The van der Waals surface area contributed by atoms with Crippen molar-refractivity contribution >= 4 is 53.8 Å². The van der Waals surface area contributed by atoms with E-state index >= 15 is 0 Å². The average molecular weight is 292 g/mol. The summed E-state index contributed by atoms with van der Waals surface area (Å²) in [6.45, 7) is 1.85. The second-order valence-electron chi connectivity index (χ2n) is 1.70. The van der Waals surface area contributed by atoms with E-state index in [-0.39, 0.29) is 5.97 Å². The van der Waals surface area contributed by atoms with Crippen molar-refractivity contribution in [1.82, 2.24) is 0 Å². The van der Waals surface area contributed by atoms with Crippen molar-refractivity contribution in [2.45, 2.75) is 17.6 Å². The molecule has 0 aliphatic heterocycles. The lowest BCUT2D eigenvalue weighted by molar-refractivity contribution is -0.143. The van der Waals surface area contributed by atoms with Crippen LogP contribution in [0.15, 0.2) is 0 Å². The standard InChI is InChI=1S/C5H9IO2S2/c1-2-5(9,10)8-4(7)3-6/h9-10H,2-3H2,1H3. The Labute approximate surface area is 85.0 Å². The Hall–Kier alpha value is 0.900. The molecular formula is C5H9IO2S2. The van der Waals surface area contributed by atoms with Crippen LogP contribution in [0.3, 0.4) is 0 Å². The van der Waals surface area contributed by atoms with E-state index in [1.807, 2.05) is 29.5 Å². The van der Waals surface area contributed by atoms with Crippen molar-refractivity contribution in [3.05, 3.63) is 0 Å². The van der Waals surface area contributed by atoms with E-state index in [4.69, 9.17) is 4.74 Å². The van der Waals surface area contributed by atoms with Crippen molar-refractivity contribution in [2.24, 2.45) is 0 Å². The average Bonchev–Trinajstić information content (AvgIpc) is 1.87. The number of carbonyl (C=O) groups is 1. The van der Waals surface area contributed by atoms with Crippen LogP contribution in [0.2, 0.25) is 0 Å². The summed E-state index contributed by atoms with van der Waals surface area (Å²) < 4.78 is 4.25. The van der Waals surface area contributed by atoms with Gasteiger partial charge >= 0.3 is 5.97 Å². The number of halogens is 1. The molecule has 5 heteroatoms. The number of hydrogen-bond donors (Lipinski definition) is 2. The zero-order valence-electron chi connectivity index (χ0n) is 5.50. The molecule has 0 aromatic carbocycles. The SMILES string of the molecule is CCC(S)(S)OC(=O)CI. The largest absolute Gasteiger partial charge is 0.438 e. The first-order chi connectivity index (χ1) is 4.52. The summed E-state index contributed by atoms with van der Waals surface area (Å²) in [6.07, 6.45) is 0.585. The normalized spacial score (nSPS) is 11.2. The van der Waals surface area contributed by atoms with Crippen molar-refractivity contribution in [3.8, 4) is 0 Å². The topological polar surface area (TPSA) is 26.3 Å². The van der Waals surface area contributed by atoms with Gasteiger partial charge in [0.2, 0.25) is 0 Å². The Morgan fingerprint density at radius 1 is 1.70 bits per heavy atom. The minimum Gasteiger partial charge on any atom is -0.438 e. The second kappa shape index (κ2) is 4.71. The maximum atomic E-state index is 10.7. The first kappa shape index (κ1) is 10.9. The summed E-state index contributed by atoms with van der Waals surface area (Å²) in [6, 6.07) is 0. The molecule has 0 unspecified atom stereocenters. The third-order valence-corrected chi connectivity index (χ3v) is 2.28. The molecule has 0 amide bonds. The van der Waals surface area contributed by atoms with Gasteiger partial charge in [0, 0.05) is 6.42 Å². The zero-order chi connectivity index (χ0) is 8.20. The van der Waals surface area contributed by atoms with E-state index in [1.165, 1.54) is 0 Å². The van der Waals surface area contributed by atoms with Crippen LogP contribution in [0.4, 0.5) is 0 Å². The molecule has 0 aromatic heterocycles. The Morgan fingerprint density at radius 3 is 2.50 bits per heavy atom. The van der Waals surface area contributed by atoms with E-state index in [0.29, 0.717) is 10.8 Å². The molecule has 0 rings (SSSR count). The lowest BCUT2D eigenvalue weighted by atomic mass is 10.5. The van der Waals surface area contributed by atoms with Gasteiger partial charge in [-0.25, -0.2) is 0 Å². The highest BCUT2D eigenvalue weighted by molar-refractivity contribution is 14.1. The van der Waals surface area contributed by atoms with Crippen LogP contribution in [0.25, 0.3) is 0 Å². The molecule has 0 saturated carbocycles. The van der Waals surface area contributed by atoms with E-state index in [9.17, 15) is 4.79 Å². The molecule has 0 radical (unpaired) electrons. The highest BCUT2D eigenvalue weighted by Crippen LogP contribution is 2.25. The summed E-state index contributed by atoms with van der Waals surface area (Å²) in [7, 11) is 0. The molecule has 0 heterocycles. The van der Waals surface area contributed by atoms with Gasteiger partial charge in [0.25, 0.3) is 0 Å². The number of hydrogen-bond acceptors (Lipinski definition) is 4. The molecule has 10 heavy (non-hydrogen) atoms. The molecule has 0 saturated heterocycles. The minimum atomic E-state index is -0.901. The van der Waals surface area contributed by atoms with Crippen molar-refractivity contribution in [2.75, 3.05) is 4.43 Å². The van der Waals surface area contributed by atoms with E-state index < -0.39 is 4.27 Å². The van der Waals surface area contributed by atoms with E-state index in [1.54, 1.807) is 0 Å². The first-order valence-corrected chi connectivity index (χ1v) is 5.16. The summed E-state index contributed by atoms with van der Waals surface area (Å²) >= 11 is 9.92. The maximum Gasteiger partial charge on any atom is 0.317 e. The van der Waals surface area contributed by atoms with Gasteiger partial charge in [0.1, 0.15) is 0 Å². The minimum absolute atomic E-state index is 0.285. The van der Waals surface area contributed by atoms with Crippen LogP contribution >= 0.6 is 47.8 Å². The molecule has 0 aromatic rings. The molecule has 0 fully saturated rings. The fraction of sp³-hybridized carbons (Fsp3) is 0.800. The Kier molecular flexibility index (Phi) is 5.14. The molecule has 0 N–H and O–H groups in total. The van der Waals surface area contributed by atoms with Gasteiger partial charge in [-0.3, -0.25) is 4.79 Å². The van der Waals surface area contributed by atoms with Gasteiger partial charge in [-0.05, 0) is 0 Å². The number of esters is 1. The molecule has 0 bridgehead atoms. The molecule has 0 spiro atoms. The Bertz CT molecular complexity index is 127. The number of alkyl halides is 1. The smallest absolute Gasteiger partial charge is 0.317 e. The molecule has 60 valence electrons. The van der Waals surface area contributed by atoms with Gasteiger partial charge in [-0.1, -0.05) is 29.5 Å². The highest BCUT2D eigenvalue weighted by atomic mass is 127. The van der Waals surface area contributed by atoms with Crippen LogP contribution < -0.4 is 0 Å². The summed E-state index contributed by atoms with van der Waals surface area (Å²) in [4.78, 5) is 10.7. The zero-order valence-corrected chi connectivity index (χ0v) is 9.45. The summed E-state index contributed by atoms with van der Waals surface area (Å²) in [5, 5.41) is 0. The van der Waals surface area contributed by atoms with E-state index in [2.05, 4.69) is 25.3 Å². The maximum absolute atomic E-state index is 10.7. The molecule has 0 aliphatic carbocycles. The lowest BCUT2D eigenvalue weighted by Gasteiger charge is -2.19. The predicted octanol–water partition coefficient (Wildman–Crippen LogP) is 1.89. The number of carbonyl (C=O) groups excluding carboxylic acids is 1. The van der Waals surface area contributed by atoms with Gasteiger partial charge in [0.05, 0.1) is 4.43 Å². The summed E-state index contributed by atoms with van der Waals surface area (Å²) in [5.74, 6) is -0.285. The quantitative estimate of drug-likeness (QED) is 0.273. The van der Waals surface area contributed by atoms with Gasteiger partial charge < -0.3 is 4.74 Å². The first-order valence-electron chi connectivity index (χ1n) is 2.74. The molecule has 0 aliphatic rings. The van der Waals surface area contributed by atoms with Crippen molar-refractivity contribution < 1.29 is 9.53 Å². The Balaban J connectivity index is 3.76. The third-order valence-electron chi connectivity index (χ3n) is 0.847. The molecule has 0 atom stereocenters. The van der Waals surface area contributed by atoms with Crippen LogP contribution in [-0.2, 0) is 9.53 Å². The Morgan fingerprint density at radius 2 is 2.20 bits per heavy atom. The van der Waals surface area contributed by atoms with Gasteiger partial charge in [-0.2, -0.15) is 0 Å². The fourth-order valence-electron chi connectivity index (χ4n) is 0.282. The van der Waals surface area contributed by atoms with Crippen LogP contribution in [-0.4, -0.2) is 14.7 Å². The second-order valence-corrected chi connectivity index (χ2v) is 4.26. The fourth-order valence-corrected chi connectivity index (χ4v) is 0.641. The molecular weight excluding hydrogens is 283 g/mol. The highest BCUT2D eigenvalue weighted by Gasteiger charge is 2.21. The van der Waals surface area contributed by atoms with Crippen molar-refractivity contribution in [3.63, 3.8) is 0 Å². The van der Waals surface area contributed by atoms with Crippen molar-refractivity contribution in [1.29, 1.82) is 0 Å². The summed E-state index contributed by atoms with van der Waals surface area (Å²) in [5.41, 5.74) is 0. The van der Waals surface area contributed by atoms with Crippen LogP contribution in [0, 0.1) is 0 Å². The third kappa shape index (κ3) is 4.68. The molecule has 2 nitrogen and oxygen atoms in total. The number of ether oxygens (including phenoxy) is 1. The number of thiol groups is 2. The monoisotopic (exact) mass is 292 g/mol. The lowest BCUT2D eigenvalue weighted by Crippen LogP contribution is -2.22.